The van der Waals surface area contributed by atoms with E-state index in [1.54, 1.807) is 12.4 Å². The van der Waals surface area contributed by atoms with Crippen LogP contribution in [0.4, 0.5) is 5.95 Å². The van der Waals surface area contributed by atoms with Gasteiger partial charge in [-0.25, -0.2) is 4.98 Å². The lowest BCUT2D eigenvalue weighted by molar-refractivity contribution is 0.851. The predicted molar refractivity (Wildman–Crippen MR) is 77.4 cm³/mol. The van der Waals surface area contributed by atoms with E-state index in [0.29, 0.717) is 11.9 Å². The molecule has 96 valence electrons. The van der Waals surface area contributed by atoms with Crippen molar-refractivity contribution >= 4 is 17.0 Å². The Morgan fingerprint density at radius 1 is 1.16 bits per heavy atom. The van der Waals surface area contributed by atoms with E-state index in [4.69, 9.17) is 5.73 Å². The maximum absolute atomic E-state index is 6.08. The van der Waals surface area contributed by atoms with Crippen LogP contribution in [0, 0.1) is 0 Å². The molecule has 0 saturated heterocycles. The molecule has 19 heavy (non-hydrogen) atoms. The average Bonchev–Trinajstić information content (AvgIpc) is 2.74. The van der Waals surface area contributed by atoms with E-state index in [1.807, 2.05) is 16.7 Å². The second kappa shape index (κ2) is 4.39. The number of imidazole rings is 1. The molecule has 0 bridgehead atoms. The first-order valence-corrected chi connectivity index (χ1v) is 6.35. The van der Waals surface area contributed by atoms with Crippen LogP contribution in [0.15, 0.2) is 42.7 Å². The Kier molecular flexibility index (Phi) is 2.71. The molecule has 0 aliphatic rings. The monoisotopic (exact) mass is 252 g/mol. The molecule has 0 fully saturated rings. The Hall–Kier alpha value is -2.36. The van der Waals surface area contributed by atoms with Gasteiger partial charge in [0.15, 0.2) is 0 Å². The summed E-state index contributed by atoms with van der Waals surface area (Å²) in [5.41, 5.74) is 10.2. The minimum atomic E-state index is 0.426. The van der Waals surface area contributed by atoms with Crippen molar-refractivity contribution in [3.05, 3.63) is 48.3 Å². The van der Waals surface area contributed by atoms with Gasteiger partial charge in [-0.15, -0.1) is 0 Å². The summed E-state index contributed by atoms with van der Waals surface area (Å²) in [5, 5.41) is 0. The van der Waals surface area contributed by atoms with Gasteiger partial charge >= 0.3 is 0 Å². The van der Waals surface area contributed by atoms with Crippen LogP contribution >= 0.6 is 0 Å². The van der Waals surface area contributed by atoms with Crippen LogP contribution in [0.5, 0.6) is 0 Å². The number of hydrogen-bond acceptors (Lipinski definition) is 3. The molecule has 0 unspecified atom stereocenters. The zero-order valence-corrected chi connectivity index (χ0v) is 11.0. The zero-order valence-electron chi connectivity index (χ0n) is 11.0. The SMILES string of the molecule is CC(C)c1ccccc1-n1c(N)nc2cnccc21. The number of fused-ring (bicyclic) bond motifs is 1. The topological polar surface area (TPSA) is 56.7 Å². The molecule has 2 aromatic heterocycles. The third-order valence-electron chi connectivity index (χ3n) is 3.28. The Bertz CT molecular complexity index is 728. The highest BCUT2D eigenvalue weighted by Crippen LogP contribution is 2.28. The molecule has 0 aliphatic carbocycles. The van der Waals surface area contributed by atoms with Crippen LogP contribution in [0.25, 0.3) is 16.7 Å². The summed E-state index contributed by atoms with van der Waals surface area (Å²) in [5.74, 6) is 0.922. The van der Waals surface area contributed by atoms with Crippen LogP contribution in [-0.4, -0.2) is 14.5 Å². The lowest BCUT2D eigenvalue weighted by atomic mass is 10.0. The van der Waals surface area contributed by atoms with Gasteiger partial charge in [-0.2, -0.15) is 0 Å². The molecule has 4 heteroatoms. The number of anilines is 1. The molecule has 1 aromatic carbocycles. The minimum Gasteiger partial charge on any atom is -0.369 e. The second-order valence-electron chi connectivity index (χ2n) is 4.88. The number of rotatable bonds is 2. The van der Waals surface area contributed by atoms with Gasteiger partial charge in [-0.3, -0.25) is 9.55 Å². The number of para-hydroxylation sites is 1. The molecule has 2 heterocycles. The molecule has 0 saturated carbocycles. The lowest BCUT2D eigenvalue weighted by Gasteiger charge is -2.14. The highest BCUT2D eigenvalue weighted by Gasteiger charge is 2.14. The average molecular weight is 252 g/mol. The molecule has 0 amide bonds. The highest BCUT2D eigenvalue weighted by molar-refractivity contribution is 5.80. The van der Waals surface area contributed by atoms with Crippen LogP contribution in [0.2, 0.25) is 0 Å². The standard InChI is InChI=1S/C15H16N4/c1-10(2)11-5-3-4-6-13(11)19-14-7-8-17-9-12(14)18-15(19)16/h3-10H,1-2H3,(H2,16,18). The van der Waals surface area contributed by atoms with Crippen molar-refractivity contribution in [3.8, 4) is 5.69 Å². The predicted octanol–water partition coefficient (Wildman–Crippen LogP) is 3.13. The lowest BCUT2D eigenvalue weighted by Crippen LogP contribution is -2.04. The normalized spacial score (nSPS) is 11.3. The summed E-state index contributed by atoms with van der Waals surface area (Å²) in [7, 11) is 0. The summed E-state index contributed by atoms with van der Waals surface area (Å²) in [6, 6.07) is 10.2. The van der Waals surface area contributed by atoms with Gasteiger partial charge in [0, 0.05) is 6.20 Å². The Morgan fingerprint density at radius 3 is 2.74 bits per heavy atom. The quantitative estimate of drug-likeness (QED) is 0.762. The van der Waals surface area contributed by atoms with Gasteiger partial charge < -0.3 is 5.73 Å². The van der Waals surface area contributed by atoms with Gasteiger partial charge in [0.1, 0.15) is 5.52 Å². The van der Waals surface area contributed by atoms with Crippen LogP contribution < -0.4 is 5.73 Å². The third-order valence-corrected chi connectivity index (χ3v) is 3.28. The van der Waals surface area contributed by atoms with Gasteiger partial charge in [-0.1, -0.05) is 32.0 Å². The van der Waals surface area contributed by atoms with Crippen LogP contribution in [-0.2, 0) is 0 Å². The zero-order chi connectivity index (χ0) is 13.4. The molecule has 0 radical (unpaired) electrons. The minimum absolute atomic E-state index is 0.426. The summed E-state index contributed by atoms with van der Waals surface area (Å²) in [6.45, 7) is 4.35. The van der Waals surface area contributed by atoms with Crippen molar-refractivity contribution in [3.63, 3.8) is 0 Å². The van der Waals surface area contributed by atoms with Gasteiger partial charge in [0.25, 0.3) is 0 Å². The van der Waals surface area contributed by atoms with E-state index in [2.05, 4.69) is 42.0 Å². The fourth-order valence-electron chi connectivity index (χ4n) is 2.38. The fraction of sp³-hybridized carbons (Fsp3) is 0.200. The Balaban J connectivity index is 2.33. The van der Waals surface area contributed by atoms with Crippen LogP contribution in [0.3, 0.4) is 0 Å². The first-order valence-electron chi connectivity index (χ1n) is 6.35. The van der Waals surface area contributed by atoms with E-state index in [0.717, 1.165) is 16.7 Å². The van der Waals surface area contributed by atoms with Gasteiger partial charge in [0.2, 0.25) is 5.95 Å². The van der Waals surface area contributed by atoms with E-state index >= 15 is 0 Å². The van der Waals surface area contributed by atoms with E-state index in [1.165, 1.54) is 5.56 Å². The second-order valence-corrected chi connectivity index (χ2v) is 4.88. The summed E-state index contributed by atoms with van der Waals surface area (Å²) in [4.78, 5) is 8.46. The maximum atomic E-state index is 6.08. The number of benzene rings is 1. The molecule has 0 spiro atoms. The largest absolute Gasteiger partial charge is 0.369 e. The maximum Gasteiger partial charge on any atom is 0.205 e. The van der Waals surface area contributed by atoms with E-state index in [-0.39, 0.29) is 0 Å². The van der Waals surface area contributed by atoms with Crippen molar-refractivity contribution in [2.24, 2.45) is 0 Å². The summed E-state index contributed by atoms with van der Waals surface area (Å²) in [6.07, 6.45) is 3.50. The number of nitrogens with two attached hydrogens (primary N) is 1. The number of nitrogen functional groups attached to an aromatic ring is 1. The smallest absolute Gasteiger partial charge is 0.205 e. The van der Waals surface area contributed by atoms with Crippen molar-refractivity contribution in [1.82, 2.24) is 14.5 Å². The molecule has 2 N–H and O–H groups in total. The molecule has 0 aliphatic heterocycles. The molecular weight excluding hydrogens is 236 g/mol. The van der Waals surface area contributed by atoms with Crippen LogP contribution in [0.1, 0.15) is 25.3 Å². The number of nitrogens with zero attached hydrogens (tertiary/aromatic N) is 3. The Labute approximate surface area is 111 Å². The molecule has 3 rings (SSSR count). The molecule has 4 nitrogen and oxygen atoms in total. The van der Waals surface area contributed by atoms with Gasteiger partial charge in [0.05, 0.1) is 17.4 Å². The molecule has 0 atom stereocenters. The first-order chi connectivity index (χ1) is 9.18. The van der Waals surface area contributed by atoms with Gasteiger partial charge in [-0.05, 0) is 23.6 Å². The van der Waals surface area contributed by atoms with Crippen molar-refractivity contribution in [2.75, 3.05) is 5.73 Å². The fourth-order valence-corrected chi connectivity index (χ4v) is 2.38. The summed E-state index contributed by atoms with van der Waals surface area (Å²) >= 11 is 0. The van der Waals surface area contributed by atoms with E-state index in [9.17, 15) is 0 Å². The number of hydrogen-bond donors (Lipinski definition) is 1. The van der Waals surface area contributed by atoms with Crippen molar-refractivity contribution in [1.29, 1.82) is 0 Å². The van der Waals surface area contributed by atoms with Crippen molar-refractivity contribution < 1.29 is 0 Å². The summed E-state index contributed by atoms with van der Waals surface area (Å²) < 4.78 is 1.99. The first kappa shape index (κ1) is 11.7. The third kappa shape index (κ3) is 1.85. The number of aromatic nitrogens is 3. The Morgan fingerprint density at radius 2 is 1.95 bits per heavy atom. The molecule has 3 aromatic rings. The number of pyridine rings is 1. The molecular formula is C15H16N4. The van der Waals surface area contributed by atoms with E-state index < -0.39 is 0 Å². The van der Waals surface area contributed by atoms with Crippen molar-refractivity contribution in [2.45, 2.75) is 19.8 Å². The highest BCUT2D eigenvalue weighted by atomic mass is 15.2.